The van der Waals surface area contributed by atoms with Crippen LogP contribution in [0.3, 0.4) is 0 Å². The molecule has 2 fully saturated rings. The number of ether oxygens (including phenoxy) is 2. The zero-order chi connectivity index (χ0) is 21.9. The number of carbonyl (C=O) groups is 1. The fraction of sp³-hybridized carbons (Fsp3) is 0.667. The highest BCUT2D eigenvalue weighted by molar-refractivity contribution is 5.81. The lowest BCUT2D eigenvalue weighted by molar-refractivity contribution is -0.134. The summed E-state index contributed by atoms with van der Waals surface area (Å²) in [6.07, 6.45) is 6.35. The van der Waals surface area contributed by atoms with Crippen LogP contribution in [0.15, 0.2) is 29.3 Å². The lowest BCUT2D eigenvalue weighted by atomic mass is 10.1. The molecule has 0 radical (unpaired) electrons. The third-order valence-corrected chi connectivity index (χ3v) is 5.97. The van der Waals surface area contributed by atoms with Gasteiger partial charge in [0.25, 0.3) is 0 Å². The fourth-order valence-corrected chi connectivity index (χ4v) is 4.32. The van der Waals surface area contributed by atoms with E-state index in [9.17, 15) is 4.79 Å². The average molecular weight is 431 g/mol. The first-order valence-corrected chi connectivity index (χ1v) is 11.7. The van der Waals surface area contributed by atoms with Crippen molar-refractivity contribution in [1.29, 1.82) is 0 Å². The van der Waals surface area contributed by atoms with Gasteiger partial charge < -0.3 is 25.0 Å². The summed E-state index contributed by atoms with van der Waals surface area (Å²) in [7, 11) is 1.70. The molecule has 1 aliphatic heterocycles. The van der Waals surface area contributed by atoms with Gasteiger partial charge in [0.2, 0.25) is 5.91 Å². The standard InChI is InChI=1S/C24H38N4O3/c1-3-25-24(26-17-19-8-6-11-22(16-19)31-15-7-14-30-2)27-21-12-13-28(18-21)23(29)20-9-4-5-10-20/h6,8,11,16,20-21H,3-5,7,9-10,12-15,17-18H2,1-2H3,(H2,25,26,27). The van der Waals surface area contributed by atoms with Crippen molar-refractivity contribution in [2.45, 2.75) is 58.0 Å². The van der Waals surface area contributed by atoms with E-state index in [-0.39, 0.29) is 12.0 Å². The maximum Gasteiger partial charge on any atom is 0.225 e. The van der Waals surface area contributed by atoms with Crippen LogP contribution in [-0.2, 0) is 16.1 Å². The van der Waals surface area contributed by atoms with Crippen molar-refractivity contribution in [3.8, 4) is 5.75 Å². The molecule has 7 nitrogen and oxygen atoms in total. The highest BCUT2D eigenvalue weighted by Gasteiger charge is 2.32. The van der Waals surface area contributed by atoms with Crippen LogP contribution < -0.4 is 15.4 Å². The molecule has 1 aliphatic carbocycles. The smallest absolute Gasteiger partial charge is 0.225 e. The second-order valence-corrected chi connectivity index (χ2v) is 8.43. The molecular formula is C24H38N4O3. The van der Waals surface area contributed by atoms with E-state index in [1.54, 1.807) is 7.11 Å². The van der Waals surface area contributed by atoms with Gasteiger partial charge in [0.05, 0.1) is 13.2 Å². The minimum absolute atomic E-state index is 0.249. The summed E-state index contributed by atoms with van der Waals surface area (Å²) in [5.74, 6) is 2.27. The molecule has 31 heavy (non-hydrogen) atoms. The maximum atomic E-state index is 12.7. The number of guanidine groups is 1. The van der Waals surface area contributed by atoms with Gasteiger partial charge in [0, 0.05) is 51.7 Å². The molecule has 1 aromatic rings. The Hall–Kier alpha value is -2.28. The van der Waals surface area contributed by atoms with Gasteiger partial charge in [-0.3, -0.25) is 4.79 Å². The monoisotopic (exact) mass is 430 g/mol. The molecule has 0 spiro atoms. The van der Waals surface area contributed by atoms with Gasteiger partial charge in [-0.15, -0.1) is 0 Å². The Morgan fingerprint density at radius 3 is 2.84 bits per heavy atom. The predicted molar refractivity (Wildman–Crippen MR) is 123 cm³/mol. The molecule has 172 valence electrons. The summed E-state index contributed by atoms with van der Waals surface area (Å²) >= 11 is 0. The zero-order valence-corrected chi connectivity index (χ0v) is 19.1. The van der Waals surface area contributed by atoms with Crippen LogP contribution in [0.5, 0.6) is 5.75 Å². The molecule has 0 bridgehead atoms. The van der Waals surface area contributed by atoms with Crippen molar-refractivity contribution >= 4 is 11.9 Å². The number of methoxy groups -OCH3 is 1. The van der Waals surface area contributed by atoms with Gasteiger partial charge in [-0.1, -0.05) is 25.0 Å². The van der Waals surface area contributed by atoms with Crippen molar-refractivity contribution < 1.29 is 14.3 Å². The van der Waals surface area contributed by atoms with Crippen molar-refractivity contribution in [1.82, 2.24) is 15.5 Å². The van der Waals surface area contributed by atoms with Crippen molar-refractivity contribution in [3.63, 3.8) is 0 Å². The molecule has 0 aromatic heterocycles. The Kier molecular flexibility index (Phi) is 9.46. The molecule has 1 aromatic carbocycles. The highest BCUT2D eigenvalue weighted by atomic mass is 16.5. The molecule has 1 unspecified atom stereocenters. The predicted octanol–water partition coefficient (Wildman–Crippen LogP) is 2.95. The Balaban J connectivity index is 1.50. The Morgan fingerprint density at radius 1 is 1.23 bits per heavy atom. The van der Waals surface area contributed by atoms with Crippen LogP contribution in [0.2, 0.25) is 0 Å². The normalized spacial score (nSPS) is 19.6. The van der Waals surface area contributed by atoms with Gasteiger partial charge in [0.1, 0.15) is 5.75 Å². The molecule has 1 amide bonds. The van der Waals surface area contributed by atoms with Crippen LogP contribution in [0.1, 0.15) is 51.0 Å². The average Bonchev–Trinajstić information content (AvgIpc) is 3.48. The first kappa shape index (κ1) is 23.4. The summed E-state index contributed by atoms with van der Waals surface area (Å²) in [5, 5.41) is 6.86. The van der Waals surface area contributed by atoms with Gasteiger partial charge in [-0.05, 0) is 43.9 Å². The number of carbonyl (C=O) groups excluding carboxylic acids is 1. The first-order valence-electron chi connectivity index (χ1n) is 11.7. The summed E-state index contributed by atoms with van der Waals surface area (Å²) < 4.78 is 10.8. The van der Waals surface area contributed by atoms with E-state index in [1.165, 1.54) is 12.8 Å². The third-order valence-electron chi connectivity index (χ3n) is 5.97. The number of nitrogens with zero attached hydrogens (tertiary/aromatic N) is 2. The van der Waals surface area contributed by atoms with E-state index in [1.807, 2.05) is 23.1 Å². The zero-order valence-electron chi connectivity index (χ0n) is 19.1. The summed E-state index contributed by atoms with van der Waals surface area (Å²) in [6.45, 7) is 6.39. The number of amides is 1. The van der Waals surface area contributed by atoms with Crippen LogP contribution in [0.4, 0.5) is 0 Å². The lowest BCUT2D eigenvalue weighted by Crippen LogP contribution is -2.45. The maximum absolute atomic E-state index is 12.7. The molecule has 1 saturated heterocycles. The van der Waals surface area contributed by atoms with Crippen molar-refractivity contribution in [2.24, 2.45) is 10.9 Å². The van der Waals surface area contributed by atoms with Gasteiger partial charge >= 0.3 is 0 Å². The molecule has 3 rings (SSSR count). The number of aliphatic imine (C=N–C) groups is 1. The van der Waals surface area contributed by atoms with Crippen LogP contribution in [-0.4, -0.2) is 62.8 Å². The quantitative estimate of drug-likeness (QED) is 0.339. The molecule has 1 atom stereocenters. The summed E-state index contributed by atoms with van der Waals surface area (Å²) in [6, 6.07) is 8.32. The first-order chi connectivity index (χ1) is 15.2. The van der Waals surface area contributed by atoms with Crippen LogP contribution >= 0.6 is 0 Å². The molecule has 1 saturated carbocycles. The minimum Gasteiger partial charge on any atom is -0.493 e. The number of benzene rings is 1. The Morgan fingerprint density at radius 2 is 2.06 bits per heavy atom. The molecule has 2 N–H and O–H groups in total. The van der Waals surface area contributed by atoms with E-state index < -0.39 is 0 Å². The van der Waals surface area contributed by atoms with Crippen LogP contribution in [0, 0.1) is 5.92 Å². The number of nitrogens with one attached hydrogen (secondary N) is 2. The molecular weight excluding hydrogens is 392 g/mol. The van der Waals surface area contributed by atoms with Gasteiger partial charge in [-0.2, -0.15) is 0 Å². The fourth-order valence-electron chi connectivity index (χ4n) is 4.32. The molecule has 2 aliphatic rings. The largest absolute Gasteiger partial charge is 0.493 e. The Labute approximate surface area is 186 Å². The number of hydrogen-bond acceptors (Lipinski definition) is 4. The minimum atomic E-state index is 0.249. The molecule has 7 heteroatoms. The highest BCUT2D eigenvalue weighted by Crippen LogP contribution is 2.27. The van der Waals surface area contributed by atoms with E-state index in [4.69, 9.17) is 14.5 Å². The lowest BCUT2D eigenvalue weighted by Gasteiger charge is -2.21. The Bertz CT molecular complexity index is 719. The van der Waals surface area contributed by atoms with E-state index in [0.717, 1.165) is 62.6 Å². The van der Waals surface area contributed by atoms with E-state index >= 15 is 0 Å². The summed E-state index contributed by atoms with van der Waals surface area (Å²) in [4.78, 5) is 19.5. The van der Waals surface area contributed by atoms with E-state index in [0.29, 0.717) is 25.7 Å². The number of hydrogen-bond donors (Lipinski definition) is 2. The summed E-state index contributed by atoms with van der Waals surface area (Å²) in [5.41, 5.74) is 1.10. The second-order valence-electron chi connectivity index (χ2n) is 8.43. The van der Waals surface area contributed by atoms with Crippen molar-refractivity contribution in [3.05, 3.63) is 29.8 Å². The van der Waals surface area contributed by atoms with Gasteiger partial charge in [-0.25, -0.2) is 4.99 Å². The molecule has 1 heterocycles. The topological polar surface area (TPSA) is 75.2 Å². The van der Waals surface area contributed by atoms with Gasteiger partial charge in [0.15, 0.2) is 5.96 Å². The van der Waals surface area contributed by atoms with Crippen LogP contribution in [0.25, 0.3) is 0 Å². The number of rotatable bonds is 10. The van der Waals surface area contributed by atoms with Crippen molar-refractivity contribution in [2.75, 3.05) is 40.0 Å². The number of likely N-dealkylation sites (tertiary alicyclic amines) is 1. The second kappa shape index (κ2) is 12.5. The SMILES string of the molecule is CCNC(=NCc1cccc(OCCCOC)c1)NC1CCN(C(=O)C2CCCC2)C1. The van der Waals surface area contributed by atoms with E-state index in [2.05, 4.69) is 23.6 Å². The third kappa shape index (κ3) is 7.42.